The second-order valence-corrected chi connectivity index (χ2v) is 4.34. The molecule has 6 heteroatoms. The summed E-state index contributed by atoms with van der Waals surface area (Å²) in [5, 5.41) is 4.65. The molecule has 0 aromatic carbocycles. The van der Waals surface area contributed by atoms with Gasteiger partial charge in [0.25, 0.3) is 0 Å². The molecule has 108 valence electrons. The molecule has 0 saturated carbocycles. The van der Waals surface area contributed by atoms with E-state index in [1.165, 1.54) is 19.3 Å². The first-order chi connectivity index (χ1) is 8.45. The van der Waals surface area contributed by atoms with E-state index in [1.807, 2.05) is 0 Å². The standard InChI is InChI=1S/C12H23F3N2O/c1-2-3-4-5-6-7-8-17-11(18)9-16-10-12(13,14)15/h16H,2-10H2,1H3,(H,17,18). The molecule has 0 saturated heterocycles. The average Bonchev–Trinajstić information content (AvgIpc) is 2.26. The van der Waals surface area contributed by atoms with Crippen molar-refractivity contribution in [1.29, 1.82) is 0 Å². The van der Waals surface area contributed by atoms with E-state index in [9.17, 15) is 18.0 Å². The predicted molar refractivity (Wildman–Crippen MR) is 65.3 cm³/mol. The van der Waals surface area contributed by atoms with Gasteiger partial charge in [-0.1, -0.05) is 39.0 Å². The normalized spacial score (nSPS) is 11.6. The summed E-state index contributed by atoms with van der Waals surface area (Å²) in [5.41, 5.74) is 0. The lowest BCUT2D eigenvalue weighted by Gasteiger charge is -2.08. The van der Waals surface area contributed by atoms with E-state index in [1.54, 1.807) is 0 Å². The van der Waals surface area contributed by atoms with E-state index in [4.69, 9.17) is 0 Å². The highest BCUT2D eigenvalue weighted by atomic mass is 19.4. The first-order valence-electron chi connectivity index (χ1n) is 6.50. The van der Waals surface area contributed by atoms with Crippen molar-refractivity contribution < 1.29 is 18.0 Å². The van der Waals surface area contributed by atoms with E-state index in [0.717, 1.165) is 19.3 Å². The Morgan fingerprint density at radius 2 is 1.67 bits per heavy atom. The molecule has 0 radical (unpaired) electrons. The lowest BCUT2D eigenvalue weighted by atomic mass is 10.1. The Bertz CT molecular complexity index is 220. The molecule has 2 N–H and O–H groups in total. The maximum absolute atomic E-state index is 11.8. The third kappa shape index (κ3) is 13.3. The number of rotatable bonds is 10. The zero-order chi connectivity index (χ0) is 13.9. The lowest BCUT2D eigenvalue weighted by Crippen LogP contribution is -2.38. The molecule has 1 amide bonds. The van der Waals surface area contributed by atoms with Gasteiger partial charge in [-0.05, 0) is 6.42 Å². The first-order valence-corrected chi connectivity index (χ1v) is 6.50. The van der Waals surface area contributed by atoms with Gasteiger partial charge >= 0.3 is 6.18 Å². The van der Waals surface area contributed by atoms with Gasteiger partial charge in [-0.25, -0.2) is 0 Å². The maximum Gasteiger partial charge on any atom is 0.401 e. The molecule has 0 rings (SSSR count). The number of alkyl halides is 3. The minimum Gasteiger partial charge on any atom is -0.355 e. The zero-order valence-corrected chi connectivity index (χ0v) is 10.9. The van der Waals surface area contributed by atoms with Gasteiger partial charge < -0.3 is 10.6 Å². The fourth-order valence-electron chi connectivity index (χ4n) is 1.51. The smallest absolute Gasteiger partial charge is 0.355 e. The topological polar surface area (TPSA) is 41.1 Å². The number of hydrogen-bond donors (Lipinski definition) is 2. The van der Waals surface area contributed by atoms with Crippen LogP contribution in [0.5, 0.6) is 0 Å². The van der Waals surface area contributed by atoms with Gasteiger partial charge in [-0.15, -0.1) is 0 Å². The van der Waals surface area contributed by atoms with Gasteiger partial charge in [0.2, 0.25) is 5.91 Å². The molecule has 0 unspecified atom stereocenters. The molecular formula is C12H23F3N2O. The van der Waals surface area contributed by atoms with Gasteiger partial charge in [0, 0.05) is 6.54 Å². The van der Waals surface area contributed by atoms with Crippen LogP contribution in [0.1, 0.15) is 45.4 Å². The highest BCUT2D eigenvalue weighted by Gasteiger charge is 2.26. The molecule has 3 nitrogen and oxygen atoms in total. The first kappa shape index (κ1) is 17.2. The van der Waals surface area contributed by atoms with Crippen LogP contribution in [0.15, 0.2) is 0 Å². The predicted octanol–water partition coefficient (Wildman–Crippen LogP) is 2.62. The van der Waals surface area contributed by atoms with Gasteiger partial charge in [0.05, 0.1) is 13.1 Å². The molecule has 0 aliphatic carbocycles. The van der Waals surface area contributed by atoms with Crippen molar-refractivity contribution in [3.05, 3.63) is 0 Å². The van der Waals surface area contributed by atoms with Crippen LogP contribution in [0.4, 0.5) is 13.2 Å². The molecule has 0 aliphatic heterocycles. The van der Waals surface area contributed by atoms with Crippen LogP contribution < -0.4 is 10.6 Å². The minimum absolute atomic E-state index is 0.282. The summed E-state index contributed by atoms with van der Waals surface area (Å²) >= 11 is 0. The summed E-state index contributed by atoms with van der Waals surface area (Å²) in [4.78, 5) is 11.1. The molecule has 18 heavy (non-hydrogen) atoms. The fourth-order valence-corrected chi connectivity index (χ4v) is 1.51. The summed E-state index contributed by atoms with van der Waals surface area (Å²) in [7, 11) is 0. The molecule has 0 fully saturated rings. The Labute approximate surface area is 107 Å². The van der Waals surface area contributed by atoms with Gasteiger partial charge in [-0.3, -0.25) is 4.79 Å². The Morgan fingerprint density at radius 3 is 2.28 bits per heavy atom. The molecule has 0 heterocycles. The highest BCUT2D eigenvalue weighted by molar-refractivity contribution is 5.77. The van der Waals surface area contributed by atoms with Gasteiger partial charge in [0.1, 0.15) is 0 Å². The zero-order valence-electron chi connectivity index (χ0n) is 10.9. The third-order valence-corrected chi connectivity index (χ3v) is 2.46. The Balaban J connectivity index is 3.27. The minimum atomic E-state index is -4.26. The molecule has 0 aromatic heterocycles. The number of carbonyl (C=O) groups excluding carboxylic acids is 1. The van der Waals surface area contributed by atoms with Crippen molar-refractivity contribution in [3.8, 4) is 0 Å². The van der Waals surface area contributed by atoms with Crippen LogP contribution in [0, 0.1) is 0 Å². The summed E-state index contributed by atoms with van der Waals surface area (Å²) in [6.07, 6.45) is 2.45. The van der Waals surface area contributed by atoms with Crippen molar-refractivity contribution in [2.75, 3.05) is 19.6 Å². The average molecular weight is 268 g/mol. The lowest BCUT2D eigenvalue weighted by molar-refractivity contribution is -0.128. The van der Waals surface area contributed by atoms with E-state index >= 15 is 0 Å². The monoisotopic (exact) mass is 268 g/mol. The van der Waals surface area contributed by atoms with E-state index < -0.39 is 12.7 Å². The number of carbonyl (C=O) groups is 1. The van der Waals surface area contributed by atoms with Crippen molar-refractivity contribution in [3.63, 3.8) is 0 Å². The number of nitrogens with one attached hydrogen (secondary N) is 2. The van der Waals surface area contributed by atoms with Crippen LogP contribution >= 0.6 is 0 Å². The fraction of sp³-hybridized carbons (Fsp3) is 0.917. The van der Waals surface area contributed by atoms with E-state index in [0.29, 0.717) is 6.54 Å². The number of amides is 1. The molecule has 0 atom stereocenters. The van der Waals surface area contributed by atoms with Crippen molar-refractivity contribution in [2.24, 2.45) is 0 Å². The van der Waals surface area contributed by atoms with Crippen molar-refractivity contribution in [1.82, 2.24) is 10.6 Å². The molecule has 0 aliphatic rings. The molecule has 0 aromatic rings. The van der Waals surface area contributed by atoms with Gasteiger partial charge in [-0.2, -0.15) is 13.2 Å². The number of hydrogen-bond acceptors (Lipinski definition) is 2. The summed E-state index contributed by atoms with van der Waals surface area (Å²) in [6.45, 7) is 1.28. The van der Waals surface area contributed by atoms with E-state index in [2.05, 4.69) is 17.6 Å². The SMILES string of the molecule is CCCCCCCCNC(=O)CNCC(F)(F)F. The summed E-state index contributed by atoms with van der Waals surface area (Å²) < 4.78 is 35.3. The van der Waals surface area contributed by atoms with Crippen LogP contribution in [0.2, 0.25) is 0 Å². The van der Waals surface area contributed by atoms with Crippen LogP contribution in [-0.4, -0.2) is 31.7 Å². The third-order valence-electron chi connectivity index (χ3n) is 2.46. The van der Waals surface area contributed by atoms with Crippen molar-refractivity contribution in [2.45, 2.75) is 51.6 Å². The number of halogens is 3. The second kappa shape index (κ2) is 10.2. The summed E-state index contributed by atoms with van der Waals surface area (Å²) in [5.74, 6) is -0.382. The van der Waals surface area contributed by atoms with Gasteiger partial charge in [0.15, 0.2) is 0 Å². The summed E-state index contributed by atoms with van der Waals surface area (Å²) in [6, 6.07) is 0. The largest absolute Gasteiger partial charge is 0.401 e. The van der Waals surface area contributed by atoms with Crippen LogP contribution in [0.25, 0.3) is 0 Å². The maximum atomic E-state index is 11.8. The Hall–Kier alpha value is -0.780. The Kier molecular flexibility index (Phi) is 9.73. The Morgan fingerprint density at radius 1 is 1.06 bits per heavy atom. The number of unbranched alkanes of at least 4 members (excludes halogenated alkanes) is 5. The second-order valence-electron chi connectivity index (χ2n) is 4.34. The van der Waals surface area contributed by atoms with Crippen molar-refractivity contribution >= 4 is 5.91 Å². The quantitative estimate of drug-likeness (QED) is 0.598. The molecular weight excluding hydrogens is 245 g/mol. The van der Waals surface area contributed by atoms with Crippen LogP contribution in [-0.2, 0) is 4.79 Å². The molecule has 0 spiro atoms. The van der Waals surface area contributed by atoms with Crippen LogP contribution in [0.3, 0.4) is 0 Å². The molecule has 0 bridgehead atoms. The van der Waals surface area contributed by atoms with E-state index in [-0.39, 0.29) is 12.5 Å². The highest BCUT2D eigenvalue weighted by Crippen LogP contribution is 2.11.